The van der Waals surface area contributed by atoms with Gasteiger partial charge in [0.2, 0.25) is 5.91 Å². The van der Waals surface area contributed by atoms with E-state index in [1.54, 1.807) is 7.11 Å². The van der Waals surface area contributed by atoms with Gasteiger partial charge < -0.3 is 15.8 Å². The van der Waals surface area contributed by atoms with Crippen molar-refractivity contribution in [3.63, 3.8) is 0 Å². The monoisotopic (exact) mass is 347 g/mol. The summed E-state index contributed by atoms with van der Waals surface area (Å²) in [7, 11) is 1.55. The summed E-state index contributed by atoms with van der Waals surface area (Å²) in [5.41, 5.74) is 8.83. The third kappa shape index (κ3) is 4.87. The van der Waals surface area contributed by atoms with Gasteiger partial charge in [-0.1, -0.05) is 45.0 Å². The standard InChI is InChI=1S/C18H25N3O2S/c1-18(2,3)13-7-5-12(6-8-13)15-11-24-17(20-15)21-16(22)9-14(10-19)23-4/h5-8,11,14H,9-10,19H2,1-4H3,(H,20,21,22). The zero-order valence-electron chi connectivity index (χ0n) is 14.6. The Bertz CT molecular complexity index is 670. The van der Waals surface area contributed by atoms with Crippen LogP contribution in [-0.2, 0) is 14.9 Å². The molecule has 2 aromatic rings. The van der Waals surface area contributed by atoms with Crippen molar-refractivity contribution < 1.29 is 9.53 Å². The lowest BCUT2D eigenvalue weighted by molar-refractivity contribution is -0.118. The maximum Gasteiger partial charge on any atom is 0.228 e. The van der Waals surface area contributed by atoms with Crippen molar-refractivity contribution in [2.24, 2.45) is 5.73 Å². The minimum absolute atomic E-state index is 0.126. The van der Waals surface area contributed by atoms with E-state index in [-0.39, 0.29) is 23.8 Å². The Morgan fingerprint density at radius 2 is 2.00 bits per heavy atom. The van der Waals surface area contributed by atoms with Crippen LogP contribution < -0.4 is 11.1 Å². The lowest BCUT2D eigenvalue weighted by atomic mass is 9.86. The number of amides is 1. The normalized spacial score (nSPS) is 12.9. The first-order chi connectivity index (χ1) is 11.3. The van der Waals surface area contributed by atoms with Gasteiger partial charge in [-0.25, -0.2) is 4.98 Å². The van der Waals surface area contributed by atoms with E-state index in [0.29, 0.717) is 11.7 Å². The number of methoxy groups -OCH3 is 1. The molecule has 2 rings (SSSR count). The summed E-state index contributed by atoms with van der Waals surface area (Å²) in [6.07, 6.45) is -0.0447. The van der Waals surface area contributed by atoms with Gasteiger partial charge in [-0.3, -0.25) is 4.79 Å². The van der Waals surface area contributed by atoms with Crippen LogP contribution in [0, 0.1) is 0 Å². The molecule has 1 amide bonds. The smallest absolute Gasteiger partial charge is 0.228 e. The van der Waals surface area contributed by atoms with E-state index in [4.69, 9.17) is 10.5 Å². The fourth-order valence-corrected chi connectivity index (χ4v) is 2.98. The second kappa shape index (κ2) is 7.88. The van der Waals surface area contributed by atoms with E-state index >= 15 is 0 Å². The molecule has 0 aliphatic rings. The molecule has 0 radical (unpaired) electrons. The summed E-state index contributed by atoms with van der Waals surface area (Å²) in [5, 5.41) is 5.33. The quantitative estimate of drug-likeness (QED) is 0.839. The first kappa shape index (κ1) is 18.6. The largest absolute Gasteiger partial charge is 0.380 e. The number of rotatable bonds is 6. The molecule has 6 heteroatoms. The molecule has 0 fully saturated rings. The lowest BCUT2D eigenvalue weighted by Crippen LogP contribution is -2.28. The third-order valence-corrected chi connectivity index (χ3v) is 4.56. The summed E-state index contributed by atoms with van der Waals surface area (Å²) in [6.45, 7) is 6.88. The Balaban J connectivity index is 2.04. The average Bonchev–Trinajstić information content (AvgIpc) is 3.00. The number of nitrogens with one attached hydrogen (secondary N) is 1. The maximum atomic E-state index is 12.0. The highest BCUT2D eigenvalue weighted by molar-refractivity contribution is 7.14. The minimum Gasteiger partial charge on any atom is -0.380 e. The van der Waals surface area contributed by atoms with Crippen LogP contribution in [-0.4, -0.2) is 30.6 Å². The Labute approximate surface area is 147 Å². The first-order valence-electron chi connectivity index (χ1n) is 7.92. The number of benzene rings is 1. The number of hydrogen-bond acceptors (Lipinski definition) is 5. The van der Waals surface area contributed by atoms with Crippen molar-refractivity contribution in [3.8, 4) is 11.3 Å². The number of nitrogens with zero attached hydrogens (tertiary/aromatic N) is 1. The molecule has 0 saturated heterocycles. The number of carbonyl (C=O) groups excluding carboxylic acids is 1. The molecule has 0 aliphatic heterocycles. The first-order valence-corrected chi connectivity index (χ1v) is 8.80. The van der Waals surface area contributed by atoms with Crippen molar-refractivity contribution in [1.82, 2.24) is 4.98 Å². The van der Waals surface area contributed by atoms with Gasteiger partial charge in [-0.05, 0) is 11.0 Å². The van der Waals surface area contributed by atoms with Crippen LogP contribution in [0.25, 0.3) is 11.3 Å². The average molecular weight is 347 g/mol. The number of hydrogen-bond donors (Lipinski definition) is 2. The Morgan fingerprint density at radius 1 is 1.33 bits per heavy atom. The molecule has 1 aromatic carbocycles. The minimum atomic E-state index is -0.269. The number of ether oxygens (including phenoxy) is 1. The number of thiazole rings is 1. The van der Waals surface area contributed by atoms with Gasteiger partial charge in [0.15, 0.2) is 5.13 Å². The zero-order valence-corrected chi connectivity index (χ0v) is 15.4. The molecule has 5 nitrogen and oxygen atoms in total. The van der Waals surface area contributed by atoms with Gasteiger partial charge in [-0.2, -0.15) is 0 Å². The van der Waals surface area contributed by atoms with Gasteiger partial charge in [0.05, 0.1) is 18.2 Å². The fraction of sp³-hybridized carbons (Fsp3) is 0.444. The van der Waals surface area contributed by atoms with E-state index in [1.807, 2.05) is 5.38 Å². The van der Waals surface area contributed by atoms with Crippen LogP contribution in [0.1, 0.15) is 32.8 Å². The molecule has 0 bridgehead atoms. The van der Waals surface area contributed by atoms with Crippen LogP contribution in [0.4, 0.5) is 5.13 Å². The Hall–Kier alpha value is -1.76. The molecule has 0 spiro atoms. The fourth-order valence-electron chi connectivity index (χ4n) is 2.24. The molecule has 1 unspecified atom stereocenters. The van der Waals surface area contributed by atoms with E-state index in [0.717, 1.165) is 11.3 Å². The molecular formula is C18H25N3O2S. The highest BCUT2D eigenvalue weighted by atomic mass is 32.1. The summed E-state index contributed by atoms with van der Waals surface area (Å²) >= 11 is 1.41. The highest BCUT2D eigenvalue weighted by Crippen LogP contribution is 2.28. The molecule has 0 saturated carbocycles. The molecular weight excluding hydrogens is 322 g/mol. The van der Waals surface area contributed by atoms with Gasteiger partial charge in [0.1, 0.15) is 0 Å². The molecule has 1 aromatic heterocycles. The van der Waals surface area contributed by atoms with Gasteiger partial charge in [-0.15, -0.1) is 11.3 Å². The SMILES string of the molecule is COC(CN)CC(=O)Nc1nc(-c2ccc(C(C)(C)C)cc2)cs1. The van der Waals surface area contributed by atoms with Gasteiger partial charge in [0, 0.05) is 24.6 Å². The predicted molar refractivity (Wildman–Crippen MR) is 99.3 cm³/mol. The molecule has 130 valence electrons. The van der Waals surface area contributed by atoms with E-state index in [2.05, 4.69) is 55.3 Å². The Kier molecular flexibility index (Phi) is 6.10. The van der Waals surface area contributed by atoms with E-state index in [1.165, 1.54) is 16.9 Å². The number of carbonyl (C=O) groups is 1. The van der Waals surface area contributed by atoms with Gasteiger partial charge in [0.25, 0.3) is 0 Å². The maximum absolute atomic E-state index is 12.0. The molecule has 3 N–H and O–H groups in total. The van der Waals surface area contributed by atoms with Crippen molar-refractivity contribution in [2.45, 2.75) is 38.7 Å². The van der Waals surface area contributed by atoms with Crippen LogP contribution >= 0.6 is 11.3 Å². The molecule has 24 heavy (non-hydrogen) atoms. The summed E-state index contributed by atoms with van der Waals surface area (Å²) in [6, 6.07) is 8.38. The Morgan fingerprint density at radius 3 is 2.54 bits per heavy atom. The molecule has 0 aliphatic carbocycles. The second-order valence-corrected chi connectivity index (χ2v) is 7.57. The summed E-state index contributed by atoms with van der Waals surface area (Å²) < 4.78 is 5.12. The summed E-state index contributed by atoms with van der Waals surface area (Å²) in [5.74, 6) is -0.142. The van der Waals surface area contributed by atoms with Crippen molar-refractivity contribution in [1.29, 1.82) is 0 Å². The topological polar surface area (TPSA) is 77.2 Å². The van der Waals surface area contributed by atoms with E-state index in [9.17, 15) is 4.79 Å². The van der Waals surface area contributed by atoms with Crippen LogP contribution in [0.15, 0.2) is 29.6 Å². The summed E-state index contributed by atoms with van der Waals surface area (Å²) in [4.78, 5) is 16.4. The predicted octanol–water partition coefficient (Wildman–Crippen LogP) is 3.41. The second-order valence-electron chi connectivity index (χ2n) is 6.71. The molecule has 1 atom stereocenters. The number of aromatic nitrogens is 1. The zero-order chi connectivity index (χ0) is 17.7. The van der Waals surface area contributed by atoms with Crippen molar-refractivity contribution in [3.05, 3.63) is 35.2 Å². The highest BCUT2D eigenvalue weighted by Gasteiger charge is 2.15. The van der Waals surface area contributed by atoms with Crippen LogP contribution in [0.5, 0.6) is 0 Å². The van der Waals surface area contributed by atoms with Crippen molar-refractivity contribution >= 4 is 22.4 Å². The number of anilines is 1. The van der Waals surface area contributed by atoms with Crippen LogP contribution in [0.2, 0.25) is 0 Å². The van der Waals surface area contributed by atoms with Crippen LogP contribution in [0.3, 0.4) is 0 Å². The van der Waals surface area contributed by atoms with Gasteiger partial charge >= 0.3 is 0 Å². The van der Waals surface area contributed by atoms with Crippen molar-refractivity contribution in [2.75, 3.05) is 19.0 Å². The lowest BCUT2D eigenvalue weighted by Gasteiger charge is -2.18. The molecule has 1 heterocycles. The van der Waals surface area contributed by atoms with E-state index < -0.39 is 0 Å². The third-order valence-electron chi connectivity index (χ3n) is 3.81. The number of nitrogens with two attached hydrogens (primary N) is 1.